The first kappa shape index (κ1) is 19.9. The highest BCUT2D eigenvalue weighted by Gasteiger charge is 2.13. The molecule has 0 radical (unpaired) electrons. The highest BCUT2D eigenvalue weighted by atomic mass is 32.2. The minimum atomic E-state index is -0.285. The lowest BCUT2D eigenvalue weighted by molar-refractivity contribution is -0.114. The van der Waals surface area contributed by atoms with E-state index >= 15 is 0 Å². The maximum absolute atomic E-state index is 13.8. The lowest BCUT2D eigenvalue weighted by atomic mass is 10.2. The van der Waals surface area contributed by atoms with Gasteiger partial charge in [0.25, 0.3) is 0 Å². The van der Waals surface area contributed by atoms with Crippen LogP contribution in [-0.2, 0) is 10.5 Å². The van der Waals surface area contributed by atoms with Gasteiger partial charge in [-0.1, -0.05) is 60.3 Å². The second-order valence-corrected chi connectivity index (χ2v) is 7.73. The van der Waals surface area contributed by atoms with Crippen LogP contribution in [0.15, 0.2) is 90.2 Å². The molecule has 0 bridgehead atoms. The van der Waals surface area contributed by atoms with Gasteiger partial charge in [0.15, 0.2) is 5.16 Å². The molecule has 0 aliphatic rings. The zero-order valence-corrected chi connectivity index (χ0v) is 17.2. The molecular weight excluding hydrogens is 397 g/mol. The molecule has 6 heteroatoms. The van der Waals surface area contributed by atoms with E-state index in [4.69, 9.17) is 4.98 Å². The Bertz CT molecular complexity index is 1160. The maximum Gasteiger partial charge on any atom is 0.221 e. The quantitative estimate of drug-likeness (QED) is 0.396. The van der Waals surface area contributed by atoms with Crippen molar-refractivity contribution in [2.75, 3.05) is 5.32 Å². The van der Waals surface area contributed by atoms with E-state index in [2.05, 4.69) is 5.32 Å². The summed E-state index contributed by atoms with van der Waals surface area (Å²) in [5.41, 5.74) is 4.44. The third kappa shape index (κ3) is 4.78. The summed E-state index contributed by atoms with van der Waals surface area (Å²) < 4.78 is 15.7. The van der Waals surface area contributed by atoms with Crippen LogP contribution < -0.4 is 5.32 Å². The van der Waals surface area contributed by atoms with E-state index in [0.717, 1.165) is 33.4 Å². The van der Waals surface area contributed by atoms with Gasteiger partial charge in [0.1, 0.15) is 5.82 Å². The molecule has 1 heterocycles. The van der Waals surface area contributed by atoms with Crippen molar-refractivity contribution in [3.63, 3.8) is 0 Å². The standard InChI is InChI=1S/C24H20FN3OS/c1-17(29)26-21-12-10-18(11-13-21)16-30-24-27-23(19-6-3-2-4-7-19)15-28(24)22-9-5-8-20(25)14-22/h2-15H,16H2,1H3,(H,26,29). The topological polar surface area (TPSA) is 46.9 Å². The molecule has 1 N–H and O–H groups in total. The minimum Gasteiger partial charge on any atom is -0.326 e. The molecule has 1 aromatic heterocycles. The van der Waals surface area contributed by atoms with Crippen molar-refractivity contribution in [2.45, 2.75) is 17.8 Å². The minimum absolute atomic E-state index is 0.0947. The van der Waals surface area contributed by atoms with E-state index in [1.54, 1.807) is 17.8 Å². The fraction of sp³-hybridized carbons (Fsp3) is 0.0833. The Labute approximate surface area is 178 Å². The zero-order valence-electron chi connectivity index (χ0n) is 16.4. The summed E-state index contributed by atoms with van der Waals surface area (Å²) >= 11 is 1.58. The monoisotopic (exact) mass is 417 g/mol. The molecule has 150 valence electrons. The fourth-order valence-corrected chi connectivity index (χ4v) is 4.01. The molecule has 4 aromatic rings. The number of nitrogens with zero attached hydrogens (tertiary/aromatic N) is 2. The number of nitrogens with one attached hydrogen (secondary N) is 1. The number of benzene rings is 3. The van der Waals surface area contributed by atoms with E-state index in [9.17, 15) is 9.18 Å². The number of carbonyl (C=O) groups is 1. The van der Waals surface area contributed by atoms with E-state index in [0.29, 0.717) is 5.75 Å². The van der Waals surface area contributed by atoms with Crippen molar-refractivity contribution in [2.24, 2.45) is 0 Å². The van der Waals surface area contributed by atoms with Gasteiger partial charge in [0.05, 0.1) is 11.4 Å². The molecule has 0 aliphatic heterocycles. The molecular formula is C24H20FN3OS. The first-order valence-electron chi connectivity index (χ1n) is 9.48. The van der Waals surface area contributed by atoms with Crippen LogP contribution in [0.3, 0.4) is 0 Å². The first-order chi connectivity index (χ1) is 14.6. The lowest BCUT2D eigenvalue weighted by Crippen LogP contribution is -2.05. The third-order valence-electron chi connectivity index (χ3n) is 4.47. The molecule has 0 saturated carbocycles. The average Bonchev–Trinajstić information content (AvgIpc) is 3.18. The predicted molar refractivity (Wildman–Crippen MR) is 119 cm³/mol. The molecule has 1 amide bonds. The molecule has 0 fully saturated rings. The van der Waals surface area contributed by atoms with Crippen LogP contribution in [0.5, 0.6) is 0 Å². The number of hydrogen-bond donors (Lipinski definition) is 1. The van der Waals surface area contributed by atoms with Crippen molar-refractivity contribution in [1.82, 2.24) is 9.55 Å². The first-order valence-corrected chi connectivity index (χ1v) is 10.5. The van der Waals surface area contributed by atoms with Crippen molar-refractivity contribution in [1.29, 1.82) is 0 Å². The van der Waals surface area contributed by atoms with Crippen LogP contribution in [0.2, 0.25) is 0 Å². The number of anilines is 1. The Morgan fingerprint density at radius 3 is 2.50 bits per heavy atom. The number of imidazole rings is 1. The third-order valence-corrected chi connectivity index (χ3v) is 5.50. The van der Waals surface area contributed by atoms with Gasteiger partial charge < -0.3 is 5.32 Å². The number of carbonyl (C=O) groups excluding carboxylic acids is 1. The van der Waals surface area contributed by atoms with Crippen molar-refractivity contribution in [3.8, 4) is 16.9 Å². The van der Waals surface area contributed by atoms with Crippen molar-refractivity contribution >= 4 is 23.4 Å². The van der Waals surface area contributed by atoms with Crippen LogP contribution in [0.25, 0.3) is 16.9 Å². The maximum atomic E-state index is 13.8. The number of halogens is 1. The average molecular weight is 418 g/mol. The highest BCUT2D eigenvalue weighted by Crippen LogP contribution is 2.29. The van der Waals surface area contributed by atoms with Crippen LogP contribution in [0, 0.1) is 5.82 Å². The molecule has 0 spiro atoms. The van der Waals surface area contributed by atoms with Crippen LogP contribution in [0.4, 0.5) is 10.1 Å². The molecule has 0 atom stereocenters. The Kier molecular flexibility index (Phi) is 5.95. The number of hydrogen-bond acceptors (Lipinski definition) is 3. The van der Waals surface area contributed by atoms with Crippen molar-refractivity contribution < 1.29 is 9.18 Å². The molecule has 0 unspecified atom stereocenters. The number of rotatable bonds is 6. The Balaban J connectivity index is 1.61. The molecule has 0 saturated heterocycles. The Hall–Kier alpha value is -3.38. The van der Waals surface area contributed by atoms with Crippen molar-refractivity contribution in [3.05, 3.63) is 96.4 Å². The molecule has 0 aliphatic carbocycles. The summed E-state index contributed by atoms with van der Waals surface area (Å²) in [6, 6.07) is 24.1. The summed E-state index contributed by atoms with van der Waals surface area (Å²) in [5.74, 6) is 0.315. The largest absolute Gasteiger partial charge is 0.326 e. The number of thioether (sulfide) groups is 1. The normalized spacial score (nSPS) is 10.7. The van der Waals surface area contributed by atoms with Gasteiger partial charge in [-0.15, -0.1) is 0 Å². The smallest absolute Gasteiger partial charge is 0.221 e. The molecule has 3 aromatic carbocycles. The van der Waals surface area contributed by atoms with E-state index in [1.165, 1.54) is 19.1 Å². The summed E-state index contributed by atoms with van der Waals surface area (Å²) in [4.78, 5) is 16.0. The van der Waals surface area contributed by atoms with Gasteiger partial charge in [-0.3, -0.25) is 9.36 Å². The summed E-state index contributed by atoms with van der Waals surface area (Å²) in [6.45, 7) is 1.49. The van der Waals surface area contributed by atoms with Gasteiger partial charge in [0, 0.05) is 30.1 Å². The summed E-state index contributed by atoms with van der Waals surface area (Å²) in [6.07, 6.45) is 1.94. The van der Waals surface area contributed by atoms with Gasteiger partial charge >= 0.3 is 0 Å². The Morgan fingerprint density at radius 1 is 1.03 bits per heavy atom. The SMILES string of the molecule is CC(=O)Nc1ccc(CSc2nc(-c3ccccc3)cn2-c2cccc(F)c2)cc1. The summed E-state index contributed by atoms with van der Waals surface area (Å²) in [5, 5.41) is 3.55. The van der Waals surface area contributed by atoms with Crippen LogP contribution in [-0.4, -0.2) is 15.5 Å². The van der Waals surface area contributed by atoms with Crippen LogP contribution in [0.1, 0.15) is 12.5 Å². The number of amides is 1. The van der Waals surface area contributed by atoms with Gasteiger partial charge in [-0.05, 0) is 35.9 Å². The zero-order chi connectivity index (χ0) is 20.9. The summed E-state index contributed by atoms with van der Waals surface area (Å²) in [7, 11) is 0. The van der Waals surface area contributed by atoms with E-state index in [-0.39, 0.29) is 11.7 Å². The van der Waals surface area contributed by atoms with Gasteiger partial charge in [-0.25, -0.2) is 9.37 Å². The molecule has 4 rings (SSSR count). The molecule has 30 heavy (non-hydrogen) atoms. The Morgan fingerprint density at radius 2 is 1.80 bits per heavy atom. The lowest BCUT2D eigenvalue weighted by Gasteiger charge is -2.08. The fourth-order valence-electron chi connectivity index (χ4n) is 3.06. The van der Waals surface area contributed by atoms with Gasteiger partial charge in [-0.2, -0.15) is 0 Å². The molecule has 4 nitrogen and oxygen atoms in total. The second-order valence-electron chi connectivity index (χ2n) is 6.79. The van der Waals surface area contributed by atoms with Crippen LogP contribution >= 0.6 is 11.8 Å². The van der Waals surface area contributed by atoms with Gasteiger partial charge in [0.2, 0.25) is 5.91 Å². The van der Waals surface area contributed by atoms with E-state index < -0.39 is 0 Å². The number of aromatic nitrogens is 2. The highest BCUT2D eigenvalue weighted by molar-refractivity contribution is 7.98. The van der Waals surface area contributed by atoms with E-state index in [1.807, 2.05) is 71.4 Å². The predicted octanol–water partition coefficient (Wildman–Crippen LogP) is 5.93. The second kappa shape index (κ2) is 8.97.